The second kappa shape index (κ2) is 7.44. The van der Waals surface area contributed by atoms with E-state index in [2.05, 4.69) is 76.2 Å². The van der Waals surface area contributed by atoms with Crippen molar-refractivity contribution in [1.82, 2.24) is 0 Å². The molecule has 0 saturated carbocycles. The van der Waals surface area contributed by atoms with Gasteiger partial charge in [0.1, 0.15) is 0 Å². The van der Waals surface area contributed by atoms with Crippen molar-refractivity contribution in [2.75, 3.05) is 0 Å². The molecule has 2 aromatic rings. The average molecular weight is 393 g/mol. The summed E-state index contributed by atoms with van der Waals surface area (Å²) in [6, 6.07) is 18.6. The van der Waals surface area contributed by atoms with Gasteiger partial charge in [0.05, 0.1) is 0 Å². The van der Waals surface area contributed by atoms with E-state index in [1.807, 2.05) is 0 Å². The summed E-state index contributed by atoms with van der Waals surface area (Å²) >= 11 is -0.0478. The summed E-state index contributed by atoms with van der Waals surface area (Å²) < 4.78 is 3.02. The van der Waals surface area contributed by atoms with Crippen molar-refractivity contribution in [1.29, 1.82) is 0 Å². The number of halogens is 1. The van der Waals surface area contributed by atoms with Crippen molar-refractivity contribution < 1.29 is 21.2 Å². The molecule has 2 aromatic carbocycles. The molecule has 0 fully saturated rings. The molecular formula is C20H26I-. The molecule has 0 aliphatic rings. The zero-order valence-electron chi connectivity index (χ0n) is 13.6. The van der Waals surface area contributed by atoms with Crippen LogP contribution in [-0.2, 0) is 11.8 Å². The molecule has 0 spiro atoms. The Balaban J connectivity index is 2.06. The zero-order chi connectivity index (χ0) is 15.3. The molecule has 1 heteroatoms. The number of rotatable bonds is 6. The van der Waals surface area contributed by atoms with Crippen LogP contribution in [0, 0.1) is 7.14 Å². The van der Waals surface area contributed by atoms with E-state index < -0.39 is 0 Å². The first-order valence-electron chi connectivity index (χ1n) is 7.89. The fraction of sp³-hybridized carbons (Fsp3) is 0.400. The Morgan fingerprint density at radius 3 is 1.81 bits per heavy atom. The summed E-state index contributed by atoms with van der Waals surface area (Å²) in [5, 5.41) is 0. The molecule has 21 heavy (non-hydrogen) atoms. The SMILES string of the molecule is CCCc1ccc([I-]c2ccc(C(C)(C)CC)cc2)cc1. The van der Waals surface area contributed by atoms with Gasteiger partial charge in [-0.15, -0.1) is 0 Å². The standard InChI is InChI=1S/C20H26I/c1-5-7-16-8-12-18(13-9-16)21-19-14-10-17(11-15-19)20(3,4)6-2/h8-15H,5-7H2,1-4H3/q-1. The Morgan fingerprint density at radius 2 is 1.33 bits per heavy atom. The number of aryl methyl sites for hydroxylation is 1. The minimum atomic E-state index is -0.0478. The third kappa shape index (κ3) is 4.57. The van der Waals surface area contributed by atoms with Crippen LogP contribution in [0.4, 0.5) is 0 Å². The molecule has 0 aliphatic carbocycles. The van der Waals surface area contributed by atoms with Crippen LogP contribution < -0.4 is 21.2 Å². The summed E-state index contributed by atoms with van der Waals surface area (Å²) in [7, 11) is 0. The molecule has 114 valence electrons. The summed E-state index contributed by atoms with van der Waals surface area (Å²) in [4.78, 5) is 0. The molecular weight excluding hydrogens is 367 g/mol. The topological polar surface area (TPSA) is 0 Å². The van der Waals surface area contributed by atoms with Crippen LogP contribution in [0.15, 0.2) is 48.5 Å². The first-order chi connectivity index (χ1) is 10.0. The molecule has 0 unspecified atom stereocenters. The zero-order valence-corrected chi connectivity index (χ0v) is 15.8. The molecule has 0 saturated heterocycles. The average Bonchev–Trinajstić information content (AvgIpc) is 2.50. The summed E-state index contributed by atoms with van der Waals surface area (Å²) in [5.74, 6) is 0. The van der Waals surface area contributed by atoms with Crippen molar-refractivity contribution >= 4 is 0 Å². The third-order valence-electron chi connectivity index (χ3n) is 4.18. The van der Waals surface area contributed by atoms with Gasteiger partial charge in [-0.2, -0.15) is 0 Å². The predicted octanol–water partition coefficient (Wildman–Crippen LogP) is 2.46. The number of hydrogen-bond acceptors (Lipinski definition) is 0. The maximum absolute atomic E-state index is 2.33. The van der Waals surface area contributed by atoms with E-state index >= 15 is 0 Å². The molecule has 0 nitrogen and oxygen atoms in total. The first kappa shape index (κ1) is 16.5. The normalized spacial score (nSPS) is 11.8. The third-order valence-corrected chi connectivity index (χ3v) is 6.86. The van der Waals surface area contributed by atoms with Gasteiger partial charge in [0.2, 0.25) is 0 Å². The van der Waals surface area contributed by atoms with Gasteiger partial charge in [-0.1, -0.05) is 0 Å². The second-order valence-electron chi connectivity index (χ2n) is 6.22. The van der Waals surface area contributed by atoms with Crippen LogP contribution in [0.25, 0.3) is 0 Å². The molecule has 0 amide bonds. The van der Waals surface area contributed by atoms with E-state index in [1.165, 1.54) is 37.5 Å². The molecule has 0 atom stereocenters. The summed E-state index contributed by atoms with van der Waals surface area (Å²) in [6.45, 7) is 9.14. The minimum absolute atomic E-state index is 0.0478. The van der Waals surface area contributed by atoms with Gasteiger partial charge >= 0.3 is 140 Å². The molecule has 0 radical (unpaired) electrons. The first-order valence-corrected chi connectivity index (χ1v) is 10.0. The van der Waals surface area contributed by atoms with Crippen LogP contribution in [0.3, 0.4) is 0 Å². The van der Waals surface area contributed by atoms with E-state index in [0.717, 1.165) is 0 Å². The van der Waals surface area contributed by atoms with Gasteiger partial charge in [0.15, 0.2) is 0 Å². The van der Waals surface area contributed by atoms with Crippen LogP contribution in [0.1, 0.15) is 51.7 Å². The van der Waals surface area contributed by atoms with Crippen LogP contribution in [-0.4, -0.2) is 0 Å². The van der Waals surface area contributed by atoms with E-state index in [-0.39, 0.29) is 21.2 Å². The Labute approximate surface area is 140 Å². The fourth-order valence-corrected chi connectivity index (χ4v) is 4.45. The van der Waals surface area contributed by atoms with Crippen molar-refractivity contribution in [3.8, 4) is 0 Å². The Bertz CT molecular complexity index is 549. The van der Waals surface area contributed by atoms with Gasteiger partial charge in [0.25, 0.3) is 0 Å². The molecule has 0 heterocycles. The van der Waals surface area contributed by atoms with Crippen molar-refractivity contribution in [3.05, 3.63) is 66.8 Å². The summed E-state index contributed by atoms with van der Waals surface area (Å²) in [6.07, 6.45) is 3.60. The predicted molar refractivity (Wildman–Crippen MR) is 87.6 cm³/mol. The quantitative estimate of drug-likeness (QED) is 0.662. The van der Waals surface area contributed by atoms with E-state index in [9.17, 15) is 0 Å². The molecule has 2 rings (SSSR count). The fourth-order valence-electron chi connectivity index (χ4n) is 2.30. The van der Waals surface area contributed by atoms with Crippen molar-refractivity contribution in [3.63, 3.8) is 0 Å². The van der Waals surface area contributed by atoms with Crippen molar-refractivity contribution in [2.24, 2.45) is 0 Å². The number of hydrogen-bond donors (Lipinski definition) is 0. The van der Waals surface area contributed by atoms with E-state index in [0.29, 0.717) is 5.41 Å². The molecule has 0 aliphatic heterocycles. The van der Waals surface area contributed by atoms with Crippen LogP contribution >= 0.6 is 0 Å². The van der Waals surface area contributed by atoms with Gasteiger partial charge in [0, 0.05) is 0 Å². The van der Waals surface area contributed by atoms with Gasteiger partial charge in [-0.3, -0.25) is 0 Å². The van der Waals surface area contributed by atoms with E-state index in [1.54, 1.807) is 0 Å². The second-order valence-corrected chi connectivity index (χ2v) is 9.25. The van der Waals surface area contributed by atoms with Crippen molar-refractivity contribution in [2.45, 2.75) is 52.4 Å². The van der Waals surface area contributed by atoms with E-state index in [4.69, 9.17) is 0 Å². The van der Waals surface area contributed by atoms with Crippen LogP contribution in [0.2, 0.25) is 0 Å². The number of benzene rings is 2. The van der Waals surface area contributed by atoms with Gasteiger partial charge in [-0.05, 0) is 0 Å². The molecule has 0 bridgehead atoms. The summed E-state index contributed by atoms with van der Waals surface area (Å²) in [5.41, 5.74) is 3.21. The van der Waals surface area contributed by atoms with Gasteiger partial charge < -0.3 is 0 Å². The Kier molecular flexibility index (Phi) is 5.86. The maximum atomic E-state index is 2.33. The molecule has 0 N–H and O–H groups in total. The van der Waals surface area contributed by atoms with Gasteiger partial charge in [-0.25, -0.2) is 0 Å². The molecule has 0 aromatic heterocycles. The monoisotopic (exact) mass is 393 g/mol. The van der Waals surface area contributed by atoms with Crippen LogP contribution in [0.5, 0.6) is 0 Å². The Hall–Kier alpha value is -0.830. The Morgan fingerprint density at radius 1 is 0.810 bits per heavy atom.